The average Bonchev–Trinajstić information content (AvgIpc) is 1.51. The molecule has 10 aromatic carbocycles. The van der Waals surface area contributed by atoms with Crippen LogP contribution in [0.3, 0.4) is 0 Å². The Labute approximate surface area is 623 Å². The first-order valence-electron chi connectivity index (χ1n) is 41.8. The summed E-state index contributed by atoms with van der Waals surface area (Å²) in [5.41, 5.74) is 32.7. The van der Waals surface area contributed by atoms with Gasteiger partial charge in [0.25, 0.3) is 0 Å². The van der Waals surface area contributed by atoms with Crippen LogP contribution in [0.25, 0.3) is 116 Å². The van der Waals surface area contributed by atoms with E-state index in [0.717, 1.165) is 0 Å². The van der Waals surface area contributed by atoms with Crippen molar-refractivity contribution in [2.24, 2.45) is 0 Å². The molecule has 0 N–H and O–H groups in total. The smallest absolute Gasteiger partial charge is 0.0544 e. The minimum absolute atomic E-state index is 0.131. The number of para-hydroxylation sites is 3. The number of allylic oxidation sites excluding steroid dienone is 1. The van der Waals surface area contributed by atoms with E-state index in [9.17, 15) is 0 Å². The quantitative estimate of drug-likeness (QED) is 0.0383. The van der Waals surface area contributed by atoms with Gasteiger partial charge in [-0.25, -0.2) is 0 Å². The normalized spacial score (nSPS) is 15.2. The first-order valence-corrected chi connectivity index (χ1v) is 41.8. The lowest BCUT2D eigenvalue weighted by Crippen LogP contribution is -2.27. The number of hydrogen-bond acceptors (Lipinski definition) is 0. The highest BCUT2D eigenvalue weighted by molar-refractivity contribution is 6.14. The zero-order valence-electron chi connectivity index (χ0n) is 65.0. The van der Waals surface area contributed by atoms with Crippen LogP contribution in [0.4, 0.5) is 0 Å². The Morgan fingerprint density at radius 2 is 0.577 bits per heavy atom. The number of benzene rings is 10. The molecule has 4 aliphatic carbocycles. The lowest BCUT2D eigenvalue weighted by atomic mass is 9.68. The highest BCUT2D eigenvalue weighted by Crippen LogP contribution is 2.66. The first kappa shape index (κ1) is 70.1. The number of nitrogens with zero attached hydrogens (tertiary/aromatic N) is 2. The van der Waals surface area contributed by atoms with Gasteiger partial charge in [0.15, 0.2) is 0 Å². The van der Waals surface area contributed by atoms with Gasteiger partial charge in [-0.3, -0.25) is 0 Å². The second kappa shape index (κ2) is 28.9. The summed E-state index contributed by atoms with van der Waals surface area (Å²) in [7, 11) is 0. The first-order chi connectivity index (χ1) is 50.9. The fourth-order valence-electron chi connectivity index (χ4n) is 21.3. The second-order valence-corrected chi connectivity index (χ2v) is 33.8. The Bertz CT molecular complexity index is 5170. The monoisotopic (exact) mass is 1370 g/mol. The van der Waals surface area contributed by atoms with Crippen LogP contribution in [0.5, 0.6) is 0 Å². The van der Waals surface area contributed by atoms with Crippen molar-refractivity contribution in [1.29, 1.82) is 0 Å². The number of unbranched alkanes of at least 4 members (excludes halogenated alkanes) is 20. The zero-order chi connectivity index (χ0) is 71.5. The summed E-state index contributed by atoms with van der Waals surface area (Å²) in [6, 6.07) is 68.9. The molecule has 534 valence electrons. The van der Waals surface area contributed by atoms with E-state index in [1.807, 2.05) is 0 Å². The number of aromatic nitrogens is 2. The minimum atomic E-state index is -0.258. The largest absolute Gasteiger partial charge is 0.309 e. The zero-order valence-corrected chi connectivity index (χ0v) is 65.0. The predicted octanol–water partition coefficient (Wildman–Crippen LogP) is 30.5. The van der Waals surface area contributed by atoms with Crippen molar-refractivity contribution in [3.63, 3.8) is 0 Å². The molecule has 4 aliphatic rings. The molecule has 16 rings (SSSR count). The third-order valence-electron chi connectivity index (χ3n) is 26.8. The van der Waals surface area contributed by atoms with E-state index in [4.69, 9.17) is 0 Å². The maximum Gasteiger partial charge on any atom is 0.0544 e. The van der Waals surface area contributed by atoms with Gasteiger partial charge >= 0.3 is 0 Å². The molecule has 0 radical (unpaired) electrons. The molecule has 2 nitrogen and oxygen atoms in total. The van der Waals surface area contributed by atoms with Crippen LogP contribution >= 0.6 is 0 Å². The lowest BCUT2D eigenvalue weighted by Gasteiger charge is -2.35. The van der Waals surface area contributed by atoms with Crippen molar-refractivity contribution >= 4 is 60.3 Å². The maximum absolute atomic E-state index is 2.94. The maximum atomic E-state index is 2.94. The van der Waals surface area contributed by atoms with Crippen molar-refractivity contribution in [2.45, 2.75) is 271 Å². The van der Waals surface area contributed by atoms with Gasteiger partial charge in [0.05, 0.1) is 27.9 Å². The molecular weight excluding hydrogens is 1250 g/mol. The predicted molar refractivity (Wildman–Crippen MR) is 452 cm³/mol. The van der Waals surface area contributed by atoms with Crippen LogP contribution in [0, 0.1) is 6.92 Å². The summed E-state index contributed by atoms with van der Waals surface area (Å²) in [5, 5.41) is 9.35. The van der Waals surface area contributed by atoms with E-state index in [0.29, 0.717) is 0 Å². The van der Waals surface area contributed by atoms with Crippen molar-refractivity contribution in [1.82, 2.24) is 9.13 Å². The molecular formula is C102H116N2. The molecule has 0 saturated heterocycles. The summed E-state index contributed by atoms with van der Waals surface area (Å²) in [4.78, 5) is 0. The number of hydrogen-bond donors (Lipinski definition) is 0. The van der Waals surface area contributed by atoms with Gasteiger partial charge in [-0.2, -0.15) is 0 Å². The summed E-state index contributed by atoms with van der Waals surface area (Å²) < 4.78 is 5.19. The third kappa shape index (κ3) is 11.4. The summed E-state index contributed by atoms with van der Waals surface area (Å²) in [5.74, 6) is 0. The third-order valence-corrected chi connectivity index (χ3v) is 26.8. The van der Waals surface area contributed by atoms with Gasteiger partial charge in [-0.05, 0) is 218 Å². The highest BCUT2D eigenvalue weighted by atomic mass is 15.0. The summed E-state index contributed by atoms with van der Waals surface area (Å²) >= 11 is 0. The molecule has 0 fully saturated rings. The number of fused-ring (bicyclic) bond motifs is 20. The second-order valence-electron chi connectivity index (χ2n) is 33.8. The van der Waals surface area contributed by atoms with Crippen molar-refractivity contribution in [3.05, 3.63) is 232 Å². The SMILES string of the molecule is C/C=C\c1c(C)c2ccccc2n1-c1cc2c(c3ccccc13)-c1cc3c(cc1C2(C)C)-c1cc2c(cc1C3(CCCCCCCC)CCCCCCCC)-c1cc3c(cc1C2(CCCCCCCC)CCCCCCCC)-c1c(cc(-n2c4ccccc4c4ccccc42)c2ccccc12)C3(C)C. The molecule has 12 aromatic rings. The Balaban J connectivity index is 0.931. The Hall–Kier alpha value is -8.20. The Kier molecular flexibility index (Phi) is 19.5. The molecule has 0 amide bonds. The van der Waals surface area contributed by atoms with Crippen LogP contribution in [-0.4, -0.2) is 9.13 Å². The molecule has 104 heavy (non-hydrogen) atoms. The summed E-state index contributed by atoms with van der Waals surface area (Å²) in [6.07, 6.45) is 40.6. The molecule has 0 atom stereocenters. The molecule has 2 heterocycles. The van der Waals surface area contributed by atoms with Gasteiger partial charge < -0.3 is 9.13 Å². The molecule has 0 unspecified atom stereocenters. The van der Waals surface area contributed by atoms with E-state index in [-0.39, 0.29) is 21.7 Å². The van der Waals surface area contributed by atoms with E-state index in [1.54, 1.807) is 44.5 Å². The lowest BCUT2D eigenvalue weighted by molar-refractivity contribution is 0.394. The topological polar surface area (TPSA) is 9.86 Å². The van der Waals surface area contributed by atoms with Gasteiger partial charge in [-0.1, -0.05) is 319 Å². The van der Waals surface area contributed by atoms with Gasteiger partial charge in [-0.15, -0.1) is 0 Å². The fraction of sp³-hybridized carbons (Fsp3) is 0.412. The van der Waals surface area contributed by atoms with Gasteiger partial charge in [0.1, 0.15) is 0 Å². The molecule has 0 bridgehead atoms. The van der Waals surface area contributed by atoms with Crippen LogP contribution in [0.2, 0.25) is 0 Å². The summed E-state index contributed by atoms with van der Waals surface area (Å²) in [6.45, 7) is 24.3. The van der Waals surface area contributed by atoms with Crippen molar-refractivity contribution < 1.29 is 0 Å². The number of rotatable bonds is 31. The highest BCUT2D eigenvalue weighted by Gasteiger charge is 2.51. The average molecular weight is 1370 g/mol. The van der Waals surface area contributed by atoms with Gasteiger partial charge in [0, 0.05) is 54.3 Å². The molecule has 2 aromatic heterocycles. The van der Waals surface area contributed by atoms with Gasteiger partial charge in [0.2, 0.25) is 0 Å². The fourth-order valence-corrected chi connectivity index (χ4v) is 21.3. The minimum Gasteiger partial charge on any atom is -0.309 e. The van der Waals surface area contributed by atoms with Crippen LogP contribution in [-0.2, 0) is 21.7 Å². The van der Waals surface area contributed by atoms with Crippen LogP contribution in [0.1, 0.15) is 298 Å². The molecule has 2 heteroatoms. The van der Waals surface area contributed by atoms with E-state index in [2.05, 4.69) is 260 Å². The van der Waals surface area contributed by atoms with Crippen LogP contribution in [0.15, 0.2) is 176 Å². The van der Waals surface area contributed by atoms with E-state index >= 15 is 0 Å². The molecule has 0 aliphatic heterocycles. The van der Waals surface area contributed by atoms with E-state index in [1.165, 1.54) is 301 Å². The van der Waals surface area contributed by atoms with Crippen molar-refractivity contribution in [2.75, 3.05) is 0 Å². The molecule has 0 saturated carbocycles. The van der Waals surface area contributed by atoms with Crippen LogP contribution < -0.4 is 0 Å². The van der Waals surface area contributed by atoms with E-state index < -0.39 is 0 Å². The molecule has 0 spiro atoms. The Morgan fingerprint density at radius 3 is 0.942 bits per heavy atom. The number of aryl methyl sites for hydroxylation is 1. The van der Waals surface area contributed by atoms with Crippen molar-refractivity contribution in [3.8, 4) is 55.9 Å². The Morgan fingerprint density at radius 1 is 0.288 bits per heavy atom. The standard InChI is InChI=1S/C102H116N2/c1-11-16-20-24-28-42-57-101(58-43-29-25-21-17-12-2)85-64-80-78-62-84-82(98-76-53-35-33-51-74(76)96(68-90(98)100(84,9)10)104-93-55-40-37-48-71(93)72-49-38-41-56-94(72)104)66-88(78)102(59-44-30-26-22-18-13-3,60-45-31-27-23-19-14-4)86(80)63-79(85)77-61-83-81(65-87(77)101)97-75-52-34-32-50-73(75)95(67-89(97)99(83,7)8)103-91(46-15-5)69(6)70-47-36-39-54-92(70)103/h15,32-41,46-56,61-68H,11-14,16-31,42-45,57-60H2,1-10H3/b46-15-.